The van der Waals surface area contributed by atoms with Gasteiger partial charge < -0.3 is 9.84 Å². The van der Waals surface area contributed by atoms with Crippen LogP contribution < -0.4 is 5.32 Å². The zero-order valence-electron chi connectivity index (χ0n) is 14.2. The molecule has 1 N–H and O–H groups in total. The molecule has 4 heteroatoms. The third kappa shape index (κ3) is 3.35. The summed E-state index contributed by atoms with van der Waals surface area (Å²) in [6, 6.07) is 25.4. The van der Waals surface area contributed by atoms with Crippen molar-refractivity contribution in [2.75, 3.05) is 6.54 Å². The van der Waals surface area contributed by atoms with Crippen LogP contribution in [0.1, 0.15) is 15.9 Å². The molecular formula is C22H18N2O2. The van der Waals surface area contributed by atoms with E-state index in [0.717, 1.165) is 23.1 Å². The molecule has 0 aliphatic carbocycles. The molecule has 0 radical (unpaired) electrons. The number of carbonyl (C=O) groups is 1. The Kier molecular flexibility index (Phi) is 4.48. The largest absolute Gasteiger partial charge is 0.355 e. The quantitative estimate of drug-likeness (QED) is 0.582. The minimum Gasteiger partial charge on any atom is -0.355 e. The van der Waals surface area contributed by atoms with Crippen LogP contribution in [0.5, 0.6) is 0 Å². The highest BCUT2D eigenvalue weighted by Gasteiger charge is 2.13. The summed E-state index contributed by atoms with van der Waals surface area (Å²) in [5.41, 5.74) is 3.43. The van der Waals surface area contributed by atoms with Gasteiger partial charge in [0.1, 0.15) is 5.52 Å². The molecular weight excluding hydrogens is 324 g/mol. The van der Waals surface area contributed by atoms with Gasteiger partial charge in [0.05, 0.1) is 0 Å². The Labute approximate surface area is 151 Å². The molecule has 0 fully saturated rings. The van der Waals surface area contributed by atoms with Gasteiger partial charge in [0.2, 0.25) is 0 Å². The van der Waals surface area contributed by atoms with Gasteiger partial charge in [-0.25, -0.2) is 0 Å². The fraction of sp³-hybridized carbons (Fsp3) is 0.0909. The molecule has 4 rings (SSSR count). The van der Waals surface area contributed by atoms with Crippen LogP contribution in [0.15, 0.2) is 83.4 Å². The van der Waals surface area contributed by atoms with Crippen molar-refractivity contribution in [2.45, 2.75) is 6.42 Å². The number of carbonyl (C=O) groups excluding carboxylic acids is 1. The minimum absolute atomic E-state index is 0.105. The van der Waals surface area contributed by atoms with Gasteiger partial charge in [0.15, 0.2) is 5.76 Å². The highest BCUT2D eigenvalue weighted by atomic mass is 16.5. The molecule has 0 aliphatic heterocycles. The maximum atomic E-state index is 12.4. The number of benzene rings is 3. The van der Waals surface area contributed by atoms with E-state index in [9.17, 15) is 4.79 Å². The van der Waals surface area contributed by atoms with Crippen LogP contribution in [0.25, 0.3) is 22.2 Å². The second-order valence-corrected chi connectivity index (χ2v) is 6.10. The summed E-state index contributed by atoms with van der Waals surface area (Å²) >= 11 is 0. The van der Waals surface area contributed by atoms with Crippen LogP contribution in [0.2, 0.25) is 0 Å². The molecule has 0 spiro atoms. The highest BCUT2D eigenvalue weighted by molar-refractivity contribution is 6.00. The van der Waals surface area contributed by atoms with E-state index in [-0.39, 0.29) is 5.91 Å². The molecule has 0 saturated heterocycles. The first-order valence-corrected chi connectivity index (χ1v) is 8.58. The number of nitrogens with zero attached hydrogens (tertiary/aromatic N) is 1. The van der Waals surface area contributed by atoms with E-state index in [2.05, 4.69) is 22.6 Å². The first-order chi connectivity index (χ1) is 12.8. The lowest BCUT2D eigenvalue weighted by Gasteiger charge is -2.05. The number of nitrogens with one attached hydrogen (secondary N) is 1. The molecule has 4 aromatic rings. The van der Waals surface area contributed by atoms with Crippen molar-refractivity contribution in [1.82, 2.24) is 10.5 Å². The average Bonchev–Trinajstić information content (AvgIpc) is 3.12. The van der Waals surface area contributed by atoms with Crippen LogP contribution >= 0.6 is 0 Å². The summed E-state index contributed by atoms with van der Waals surface area (Å²) in [5, 5.41) is 7.96. The minimum atomic E-state index is -0.105. The zero-order chi connectivity index (χ0) is 17.8. The van der Waals surface area contributed by atoms with Gasteiger partial charge >= 0.3 is 0 Å². The van der Waals surface area contributed by atoms with Gasteiger partial charge in [-0.2, -0.15) is 0 Å². The molecule has 1 heterocycles. The van der Waals surface area contributed by atoms with Gasteiger partial charge in [0.25, 0.3) is 5.91 Å². The first-order valence-electron chi connectivity index (χ1n) is 8.58. The number of hydrogen-bond donors (Lipinski definition) is 1. The summed E-state index contributed by atoms with van der Waals surface area (Å²) in [5.74, 6) is 0.615. The van der Waals surface area contributed by atoms with Crippen molar-refractivity contribution in [3.63, 3.8) is 0 Å². The Hall–Kier alpha value is -3.40. The predicted molar refractivity (Wildman–Crippen MR) is 102 cm³/mol. The Morgan fingerprint density at radius 1 is 0.923 bits per heavy atom. The van der Waals surface area contributed by atoms with Crippen molar-refractivity contribution >= 4 is 16.8 Å². The predicted octanol–water partition coefficient (Wildman–Crippen LogP) is 4.47. The number of rotatable bonds is 5. The van der Waals surface area contributed by atoms with E-state index in [1.54, 1.807) is 6.07 Å². The molecule has 0 unspecified atom stereocenters. The van der Waals surface area contributed by atoms with Crippen molar-refractivity contribution in [1.29, 1.82) is 0 Å². The maximum absolute atomic E-state index is 12.4. The molecule has 0 aliphatic rings. The first kappa shape index (κ1) is 16.1. The van der Waals surface area contributed by atoms with Gasteiger partial charge in [-0.1, -0.05) is 65.8 Å². The van der Waals surface area contributed by atoms with E-state index < -0.39 is 0 Å². The monoisotopic (exact) mass is 342 g/mol. The lowest BCUT2D eigenvalue weighted by molar-refractivity contribution is 0.0954. The Morgan fingerprint density at radius 2 is 1.65 bits per heavy atom. The van der Waals surface area contributed by atoms with Crippen molar-refractivity contribution in [3.05, 3.63) is 90.0 Å². The van der Waals surface area contributed by atoms with Gasteiger partial charge in [-0.3, -0.25) is 4.79 Å². The average molecular weight is 342 g/mol. The SMILES string of the molecule is O=C(NCCc1ccccc1)c1ccc2c(-c3ccccc3)onc2c1. The molecule has 0 saturated carbocycles. The fourth-order valence-electron chi connectivity index (χ4n) is 2.95. The smallest absolute Gasteiger partial charge is 0.251 e. The van der Waals surface area contributed by atoms with Crippen LogP contribution in [0.4, 0.5) is 0 Å². The normalized spacial score (nSPS) is 10.8. The van der Waals surface area contributed by atoms with Crippen molar-refractivity contribution in [3.8, 4) is 11.3 Å². The molecule has 3 aromatic carbocycles. The van der Waals surface area contributed by atoms with Crippen molar-refractivity contribution < 1.29 is 9.32 Å². The molecule has 4 nitrogen and oxygen atoms in total. The number of amides is 1. The second-order valence-electron chi connectivity index (χ2n) is 6.10. The van der Waals surface area contributed by atoms with Crippen LogP contribution in [0.3, 0.4) is 0 Å². The van der Waals surface area contributed by atoms with E-state index >= 15 is 0 Å². The third-order valence-corrected chi connectivity index (χ3v) is 4.32. The molecule has 128 valence electrons. The van der Waals surface area contributed by atoms with Crippen LogP contribution in [-0.4, -0.2) is 17.6 Å². The van der Waals surface area contributed by atoms with Gasteiger partial charge in [-0.05, 0) is 30.2 Å². The zero-order valence-corrected chi connectivity index (χ0v) is 14.2. The van der Waals surface area contributed by atoms with Crippen LogP contribution in [0, 0.1) is 0 Å². The second kappa shape index (κ2) is 7.23. The summed E-state index contributed by atoms with van der Waals surface area (Å²) < 4.78 is 5.49. The maximum Gasteiger partial charge on any atom is 0.251 e. The van der Waals surface area contributed by atoms with E-state index in [1.165, 1.54) is 5.56 Å². The Morgan fingerprint density at radius 3 is 2.42 bits per heavy atom. The molecule has 1 aromatic heterocycles. The standard InChI is InChI=1S/C22H18N2O2/c25-22(23-14-13-16-7-3-1-4-8-16)18-11-12-19-20(15-18)24-26-21(19)17-9-5-2-6-10-17/h1-12,15H,13-14H2,(H,23,25). The Bertz CT molecular complexity index is 1020. The fourth-order valence-corrected chi connectivity index (χ4v) is 2.95. The highest BCUT2D eigenvalue weighted by Crippen LogP contribution is 2.28. The molecule has 26 heavy (non-hydrogen) atoms. The lowest BCUT2D eigenvalue weighted by Crippen LogP contribution is -2.25. The van der Waals surface area contributed by atoms with Crippen molar-refractivity contribution in [2.24, 2.45) is 0 Å². The number of fused-ring (bicyclic) bond motifs is 1. The topological polar surface area (TPSA) is 55.1 Å². The summed E-state index contributed by atoms with van der Waals surface area (Å²) in [6.45, 7) is 0.592. The number of aromatic nitrogens is 1. The van der Waals surface area contributed by atoms with Crippen LogP contribution in [-0.2, 0) is 6.42 Å². The van der Waals surface area contributed by atoms with E-state index in [0.29, 0.717) is 17.6 Å². The molecule has 0 bridgehead atoms. The Balaban J connectivity index is 1.48. The summed E-state index contributed by atoms with van der Waals surface area (Å²) in [7, 11) is 0. The summed E-state index contributed by atoms with van der Waals surface area (Å²) in [4.78, 5) is 12.4. The third-order valence-electron chi connectivity index (χ3n) is 4.32. The van der Waals surface area contributed by atoms with Gasteiger partial charge in [-0.15, -0.1) is 0 Å². The number of hydrogen-bond acceptors (Lipinski definition) is 3. The van der Waals surface area contributed by atoms with E-state index in [1.807, 2.05) is 60.7 Å². The van der Waals surface area contributed by atoms with E-state index in [4.69, 9.17) is 4.52 Å². The summed E-state index contributed by atoms with van der Waals surface area (Å²) in [6.07, 6.45) is 0.803. The molecule has 0 atom stereocenters. The van der Waals surface area contributed by atoms with Gasteiger partial charge in [0, 0.05) is 23.1 Å². The molecule has 1 amide bonds. The lowest BCUT2D eigenvalue weighted by atomic mass is 10.1.